The molecule has 0 spiro atoms. The number of carbonyl (C=O) groups is 1. The van der Waals surface area contributed by atoms with Crippen LogP contribution in [0.4, 0.5) is 0 Å². The van der Waals surface area contributed by atoms with Crippen molar-refractivity contribution in [3.8, 4) is 0 Å². The normalized spacial score (nSPS) is 12.6. The van der Waals surface area contributed by atoms with Gasteiger partial charge in [-0.25, -0.2) is 0 Å². The first-order valence-electron chi connectivity index (χ1n) is 4.46. The van der Waals surface area contributed by atoms with Gasteiger partial charge in [0.25, 0.3) is 5.91 Å². The van der Waals surface area contributed by atoms with Crippen molar-refractivity contribution in [2.24, 2.45) is 0 Å². The molecule has 1 heterocycles. The summed E-state index contributed by atoms with van der Waals surface area (Å²) in [5.41, 5.74) is 0. The molecule has 0 N–H and O–H groups in total. The third kappa shape index (κ3) is 2.87. The fraction of sp³-hybridized carbons (Fsp3) is 0.500. The fourth-order valence-corrected chi connectivity index (χ4v) is 1.63. The van der Waals surface area contributed by atoms with Crippen molar-refractivity contribution in [3.63, 3.8) is 0 Å². The van der Waals surface area contributed by atoms with E-state index in [0.29, 0.717) is 12.3 Å². The zero-order valence-corrected chi connectivity index (χ0v) is 10.2. The van der Waals surface area contributed by atoms with E-state index >= 15 is 0 Å². The lowest BCUT2D eigenvalue weighted by Crippen LogP contribution is -2.30. The summed E-state index contributed by atoms with van der Waals surface area (Å²) in [4.78, 5) is 13.6. The zero-order chi connectivity index (χ0) is 10.7. The van der Waals surface area contributed by atoms with Crippen molar-refractivity contribution in [2.75, 3.05) is 13.6 Å². The highest BCUT2D eigenvalue weighted by Gasteiger charge is 2.15. The summed E-state index contributed by atoms with van der Waals surface area (Å²) in [6.07, 6.45) is 0. The molecule has 1 rings (SSSR count). The second-order valence-corrected chi connectivity index (χ2v) is 4.94. The molecular formula is C10H14BrNO2. The standard InChI is InChI=1S/C10H14BrNO2/c1-7(11)6-12(3)10(13)9-5-4-8(2)14-9/h4-5,7H,6H2,1-3H3. The summed E-state index contributed by atoms with van der Waals surface area (Å²) in [6.45, 7) is 4.49. The SMILES string of the molecule is Cc1ccc(C(=O)N(C)CC(C)Br)o1. The molecule has 0 bridgehead atoms. The molecule has 0 saturated heterocycles. The molecule has 0 fully saturated rings. The van der Waals surface area contributed by atoms with E-state index in [-0.39, 0.29) is 10.7 Å². The quantitative estimate of drug-likeness (QED) is 0.782. The van der Waals surface area contributed by atoms with E-state index < -0.39 is 0 Å². The van der Waals surface area contributed by atoms with Gasteiger partial charge in [0.05, 0.1) is 0 Å². The van der Waals surface area contributed by atoms with Gasteiger partial charge < -0.3 is 9.32 Å². The van der Waals surface area contributed by atoms with E-state index in [1.165, 1.54) is 0 Å². The largest absolute Gasteiger partial charge is 0.456 e. The Balaban J connectivity index is 2.65. The minimum absolute atomic E-state index is 0.0793. The predicted octanol–water partition coefficient (Wildman–Crippen LogP) is 2.44. The molecule has 1 unspecified atom stereocenters. The van der Waals surface area contributed by atoms with Gasteiger partial charge in [0, 0.05) is 18.4 Å². The van der Waals surface area contributed by atoms with Crippen LogP contribution in [0.2, 0.25) is 0 Å². The molecule has 4 heteroatoms. The van der Waals surface area contributed by atoms with Crippen molar-refractivity contribution >= 4 is 21.8 Å². The van der Waals surface area contributed by atoms with Gasteiger partial charge in [-0.3, -0.25) is 4.79 Å². The lowest BCUT2D eigenvalue weighted by atomic mass is 10.3. The van der Waals surface area contributed by atoms with Crippen molar-refractivity contribution in [1.29, 1.82) is 0 Å². The van der Waals surface area contributed by atoms with E-state index in [1.807, 2.05) is 13.8 Å². The summed E-state index contributed by atoms with van der Waals surface area (Å²) in [7, 11) is 1.76. The highest BCUT2D eigenvalue weighted by molar-refractivity contribution is 9.09. The summed E-state index contributed by atoms with van der Waals surface area (Å²) < 4.78 is 5.24. The molecule has 1 amide bonds. The van der Waals surface area contributed by atoms with Gasteiger partial charge in [0.1, 0.15) is 5.76 Å². The van der Waals surface area contributed by atoms with Crippen molar-refractivity contribution in [2.45, 2.75) is 18.7 Å². The van der Waals surface area contributed by atoms with Crippen molar-refractivity contribution < 1.29 is 9.21 Å². The van der Waals surface area contributed by atoms with Crippen LogP contribution in [-0.4, -0.2) is 29.2 Å². The number of nitrogens with zero attached hydrogens (tertiary/aromatic N) is 1. The minimum atomic E-state index is -0.0793. The van der Waals surface area contributed by atoms with E-state index in [0.717, 1.165) is 5.76 Å². The molecule has 0 aliphatic rings. The number of carbonyl (C=O) groups excluding carboxylic acids is 1. The molecule has 78 valence electrons. The maximum Gasteiger partial charge on any atom is 0.289 e. The molecule has 1 aromatic heterocycles. The summed E-state index contributed by atoms with van der Waals surface area (Å²) >= 11 is 3.40. The molecule has 3 nitrogen and oxygen atoms in total. The molecule has 0 radical (unpaired) electrons. The molecule has 0 aliphatic heterocycles. The van der Waals surface area contributed by atoms with Crippen LogP contribution in [0.1, 0.15) is 23.2 Å². The number of rotatable bonds is 3. The molecule has 14 heavy (non-hydrogen) atoms. The molecule has 0 aromatic carbocycles. The Kier molecular flexibility index (Phi) is 3.75. The third-order valence-corrected chi connectivity index (χ3v) is 2.11. The number of halogens is 1. The van der Waals surface area contributed by atoms with Gasteiger partial charge >= 0.3 is 0 Å². The second-order valence-electron chi connectivity index (χ2n) is 3.38. The Bertz CT molecular complexity index is 320. The van der Waals surface area contributed by atoms with Crippen molar-refractivity contribution in [1.82, 2.24) is 4.90 Å². The van der Waals surface area contributed by atoms with E-state index in [2.05, 4.69) is 15.9 Å². The first-order valence-corrected chi connectivity index (χ1v) is 5.38. The van der Waals surface area contributed by atoms with E-state index in [9.17, 15) is 4.79 Å². The molecule has 1 atom stereocenters. The topological polar surface area (TPSA) is 33.5 Å². The first kappa shape index (κ1) is 11.3. The number of aryl methyl sites for hydroxylation is 1. The Labute approximate surface area is 92.2 Å². The lowest BCUT2D eigenvalue weighted by molar-refractivity contribution is 0.0764. The van der Waals surface area contributed by atoms with Crippen LogP contribution in [0.15, 0.2) is 16.5 Å². The summed E-state index contributed by atoms with van der Waals surface area (Å²) in [5, 5.41) is 0. The monoisotopic (exact) mass is 259 g/mol. The fourth-order valence-electron chi connectivity index (χ4n) is 1.20. The predicted molar refractivity (Wildman–Crippen MR) is 58.8 cm³/mol. The van der Waals surface area contributed by atoms with Crippen LogP contribution in [0.25, 0.3) is 0 Å². The van der Waals surface area contributed by atoms with Crippen LogP contribution in [0, 0.1) is 6.92 Å². The Morgan fingerprint density at radius 3 is 2.71 bits per heavy atom. The summed E-state index contributed by atoms with van der Waals surface area (Å²) in [6, 6.07) is 3.49. The summed E-state index contributed by atoms with van der Waals surface area (Å²) in [5.74, 6) is 1.08. The molecule has 0 saturated carbocycles. The maximum absolute atomic E-state index is 11.7. The van der Waals surface area contributed by atoms with Crippen LogP contribution < -0.4 is 0 Å². The Morgan fingerprint density at radius 1 is 1.64 bits per heavy atom. The van der Waals surface area contributed by atoms with Gasteiger partial charge in [-0.2, -0.15) is 0 Å². The number of hydrogen-bond acceptors (Lipinski definition) is 2. The number of hydrogen-bond donors (Lipinski definition) is 0. The van der Waals surface area contributed by atoms with Gasteiger partial charge in [-0.1, -0.05) is 22.9 Å². The second kappa shape index (κ2) is 4.64. The van der Waals surface area contributed by atoms with E-state index in [4.69, 9.17) is 4.42 Å². The minimum Gasteiger partial charge on any atom is -0.456 e. The number of alkyl halides is 1. The van der Waals surface area contributed by atoms with Gasteiger partial charge in [-0.15, -0.1) is 0 Å². The average molecular weight is 260 g/mol. The van der Waals surface area contributed by atoms with Crippen LogP contribution in [0.3, 0.4) is 0 Å². The third-order valence-electron chi connectivity index (χ3n) is 1.82. The van der Waals surface area contributed by atoms with Gasteiger partial charge in [-0.05, 0) is 19.1 Å². The van der Waals surface area contributed by atoms with Gasteiger partial charge in [0.15, 0.2) is 5.76 Å². The Hall–Kier alpha value is -0.770. The van der Waals surface area contributed by atoms with Crippen molar-refractivity contribution in [3.05, 3.63) is 23.7 Å². The number of amides is 1. The average Bonchev–Trinajstić information content (AvgIpc) is 2.49. The first-order chi connectivity index (χ1) is 6.50. The molecular weight excluding hydrogens is 246 g/mol. The molecule has 1 aromatic rings. The van der Waals surface area contributed by atoms with Crippen LogP contribution in [-0.2, 0) is 0 Å². The number of furan rings is 1. The van der Waals surface area contributed by atoms with E-state index in [1.54, 1.807) is 24.1 Å². The van der Waals surface area contributed by atoms with Crippen LogP contribution >= 0.6 is 15.9 Å². The molecule has 0 aliphatic carbocycles. The lowest BCUT2D eigenvalue weighted by Gasteiger charge is -2.16. The maximum atomic E-state index is 11.7. The zero-order valence-electron chi connectivity index (χ0n) is 8.58. The Morgan fingerprint density at radius 2 is 2.29 bits per heavy atom. The highest BCUT2D eigenvalue weighted by atomic mass is 79.9. The van der Waals surface area contributed by atoms with Gasteiger partial charge in [0.2, 0.25) is 0 Å². The van der Waals surface area contributed by atoms with Crippen LogP contribution in [0.5, 0.6) is 0 Å². The highest BCUT2D eigenvalue weighted by Crippen LogP contribution is 2.10. The smallest absolute Gasteiger partial charge is 0.289 e.